The van der Waals surface area contributed by atoms with E-state index in [0.29, 0.717) is 16.6 Å². The van der Waals surface area contributed by atoms with E-state index in [9.17, 15) is 23.1 Å². The molecule has 1 fully saturated rings. The van der Waals surface area contributed by atoms with Crippen molar-refractivity contribution < 1.29 is 23.1 Å². The van der Waals surface area contributed by atoms with Gasteiger partial charge in [-0.15, -0.1) is 0 Å². The van der Waals surface area contributed by atoms with Crippen molar-refractivity contribution >= 4 is 29.2 Å². The normalized spacial score (nSPS) is 30.1. The summed E-state index contributed by atoms with van der Waals surface area (Å²) in [6.45, 7) is 1.65. The molecule has 1 aliphatic heterocycles. The van der Waals surface area contributed by atoms with E-state index in [1.165, 1.54) is 6.08 Å². The number of carbonyl (C=O) groups is 1. The van der Waals surface area contributed by atoms with Crippen molar-refractivity contribution in [2.75, 3.05) is 5.75 Å². The molecule has 1 unspecified atom stereocenters. The molecule has 0 saturated heterocycles. The Morgan fingerprint density at radius 1 is 1.20 bits per heavy atom. The molecule has 8 heteroatoms. The highest BCUT2D eigenvalue weighted by atomic mass is 32.2. The molecule has 1 amide bonds. The maximum Gasteiger partial charge on any atom is 0.413 e. The number of aliphatic hydroxyl groups excluding tert-OH is 1. The number of amidine groups is 1. The van der Waals surface area contributed by atoms with E-state index >= 15 is 0 Å². The third kappa shape index (κ3) is 4.06. The maximum atomic E-state index is 13.2. The lowest BCUT2D eigenvalue weighted by Crippen LogP contribution is -2.37. The summed E-state index contributed by atoms with van der Waals surface area (Å²) in [4.78, 5) is 20.3. The minimum absolute atomic E-state index is 0.157. The van der Waals surface area contributed by atoms with Crippen LogP contribution < -0.4 is 0 Å². The predicted molar refractivity (Wildman–Crippen MR) is 92.0 cm³/mol. The summed E-state index contributed by atoms with van der Waals surface area (Å²) < 4.78 is 39.5. The van der Waals surface area contributed by atoms with Gasteiger partial charge in [0.2, 0.25) is 0 Å². The molecule has 3 rings (SSSR count). The molecular formula is C17H19F3N2O2S. The van der Waals surface area contributed by atoms with Crippen molar-refractivity contribution in [2.24, 2.45) is 15.9 Å². The number of carbonyl (C=O) groups excluding carboxylic acids is 1. The number of rotatable bonds is 3. The van der Waals surface area contributed by atoms with Gasteiger partial charge in [0.1, 0.15) is 11.8 Å². The predicted octanol–water partition coefficient (Wildman–Crippen LogP) is 3.47. The Bertz CT molecular complexity index is 686. The summed E-state index contributed by atoms with van der Waals surface area (Å²) in [5.74, 6) is -1.57. The first-order chi connectivity index (χ1) is 11.8. The van der Waals surface area contributed by atoms with Gasteiger partial charge in [0.25, 0.3) is 5.91 Å². The highest BCUT2D eigenvalue weighted by molar-refractivity contribution is 8.00. The topological polar surface area (TPSA) is 62.0 Å². The smallest absolute Gasteiger partial charge is 0.393 e. The van der Waals surface area contributed by atoms with Gasteiger partial charge in [0.05, 0.1) is 23.1 Å². The molecule has 1 saturated carbocycles. The molecule has 2 aliphatic carbocycles. The van der Waals surface area contributed by atoms with Crippen molar-refractivity contribution in [1.29, 1.82) is 0 Å². The van der Waals surface area contributed by atoms with Gasteiger partial charge in [0.15, 0.2) is 0 Å². The molecule has 136 valence electrons. The number of fused-ring (bicyclic) bond motifs is 1. The number of nitrogens with zero attached hydrogens (tertiary/aromatic N) is 2. The van der Waals surface area contributed by atoms with E-state index < -0.39 is 23.6 Å². The molecule has 1 N–H and O–H groups in total. The minimum Gasteiger partial charge on any atom is -0.393 e. The first-order valence-corrected chi connectivity index (χ1v) is 9.26. The second-order valence-electron chi connectivity index (χ2n) is 6.51. The first kappa shape index (κ1) is 18.4. The highest BCUT2D eigenvalue weighted by Crippen LogP contribution is 2.38. The molecule has 0 bridgehead atoms. The zero-order valence-electron chi connectivity index (χ0n) is 13.7. The lowest BCUT2D eigenvalue weighted by molar-refractivity contribution is -0.125. The summed E-state index contributed by atoms with van der Waals surface area (Å²) in [7, 11) is 0. The molecule has 4 nitrogen and oxygen atoms in total. The van der Waals surface area contributed by atoms with Crippen LogP contribution in [-0.2, 0) is 4.79 Å². The van der Waals surface area contributed by atoms with Gasteiger partial charge in [-0.05, 0) is 38.2 Å². The molecule has 1 atom stereocenters. The van der Waals surface area contributed by atoms with E-state index in [1.807, 2.05) is 0 Å². The van der Waals surface area contributed by atoms with E-state index in [1.54, 1.807) is 18.7 Å². The second-order valence-corrected chi connectivity index (χ2v) is 7.80. The fraction of sp³-hybridized carbons (Fsp3) is 0.588. The number of aliphatic hydroxyl groups is 1. The van der Waals surface area contributed by atoms with Crippen molar-refractivity contribution in [3.8, 4) is 0 Å². The van der Waals surface area contributed by atoms with E-state index in [2.05, 4.69) is 9.98 Å². The third-order valence-corrected chi connectivity index (χ3v) is 6.02. The van der Waals surface area contributed by atoms with Crippen LogP contribution in [0, 0.1) is 5.92 Å². The molecule has 0 aromatic heterocycles. The van der Waals surface area contributed by atoms with Crippen LogP contribution in [0.25, 0.3) is 0 Å². The molecule has 0 spiro atoms. The zero-order chi connectivity index (χ0) is 18.2. The SMILES string of the molecule is CC1=CC=C(C(F)(F)F)C2C(=O)N=C(CSC3CCC(O)CC3)N=C12. The second kappa shape index (κ2) is 7.07. The van der Waals surface area contributed by atoms with Gasteiger partial charge < -0.3 is 5.11 Å². The lowest BCUT2D eigenvalue weighted by atomic mass is 9.84. The quantitative estimate of drug-likeness (QED) is 0.825. The number of amides is 1. The Balaban J connectivity index is 1.73. The van der Waals surface area contributed by atoms with Gasteiger partial charge in [-0.3, -0.25) is 4.79 Å². The molecule has 3 aliphatic rings. The summed E-state index contributed by atoms with van der Waals surface area (Å²) in [6.07, 6.45) is 0.738. The third-order valence-electron chi connectivity index (χ3n) is 4.66. The number of aliphatic imine (C=N–C) groups is 2. The molecule has 0 aromatic rings. The Morgan fingerprint density at radius 2 is 1.88 bits per heavy atom. The van der Waals surface area contributed by atoms with Crippen LogP contribution in [0.3, 0.4) is 0 Å². The average molecular weight is 372 g/mol. The van der Waals surface area contributed by atoms with Crippen molar-refractivity contribution in [3.05, 3.63) is 23.3 Å². The number of hydrogen-bond donors (Lipinski definition) is 1. The fourth-order valence-corrected chi connectivity index (χ4v) is 4.38. The molecule has 0 radical (unpaired) electrons. The van der Waals surface area contributed by atoms with Crippen LogP contribution in [0.5, 0.6) is 0 Å². The van der Waals surface area contributed by atoms with Crippen LogP contribution in [0.15, 0.2) is 33.3 Å². The van der Waals surface area contributed by atoms with Gasteiger partial charge in [-0.2, -0.15) is 29.9 Å². The summed E-state index contributed by atoms with van der Waals surface area (Å²) in [6, 6.07) is 0. The van der Waals surface area contributed by atoms with Crippen LogP contribution in [0.1, 0.15) is 32.6 Å². The number of halogens is 3. The Kier molecular flexibility index (Phi) is 5.20. The number of alkyl halides is 3. The molecule has 25 heavy (non-hydrogen) atoms. The Hall–Kier alpha value is -1.41. The molecular weight excluding hydrogens is 353 g/mol. The van der Waals surface area contributed by atoms with Crippen LogP contribution in [-0.4, -0.2) is 45.8 Å². The zero-order valence-corrected chi connectivity index (χ0v) is 14.5. The standard InChI is InChI=1S/C17H19F3N2O2S/c1-9-2-7-12(17(18,19)20)14-15(9)21-13(22-16(14)24)8-25-11-5-3-10(23)4-6-11/h2,7,10-11,14,23H,3-6,8H2,1H3. The van der Waals surface area contributed by atoms with Crippen molar-refractivity contribution in [1.82, 2.24) is 0 Å². The van der Waals surface area contributed by atoms with Crippen LogP contribution in [0.4, 0.5) is 13.2 Å². The minimum atomic E-state index is -4.58. The van der Waals surface area contributed by atoms with E-state index in [0.717, 1.165) is 31.8 Å². The van der Waals surface area contributed by atoms with Crippen LogP contribution >= 0.6 is 11.8 Å². The Morgan fingerprint density at radius 3 is 2.52 bits per heavy atom. The number of allylic oxidation sites excluding steroid dienone is 3. The number of thioether (sulfide) groups is 1. The van der Waals surface area contributed by atoms with Crippen molar-refractivity contribution in [2.45, 2.75) is 50.1 Å². The summed E-state index contributed by atoms with van der Waals surface area (Å²) >= 11 is 1.60. The maximum absolute atomic E-state index is 13.2. The van der Waals surface area contributed by atoms with Gasteiger partial charge >= 0.3 is 6.18 Å². The van der Waals surface area contributed by atoms with Gasteiger partial charge in [-0.25, -0.2) is 4.99 Å². The lowest BCUT2D eigenvalue weighted by Gasteiger charge is -2.28. The van der Waals surface area contributed by atoms with E-state index in [-0.39, 0.29) is 17.7 Å². The van der Waals surface area contributed by atoms with Gasteiger partial charge in [-0.1, -0.05) is 12.2 Å². The largest absolute Gasteiger partial charge is 0.413 e. The average Bonchev–Trinajstić information content (AvgIpc) is 2.54. The van der Waals surface area contributed by atoms with E-state index in [4.69, 9.17) is 0 Å². The van der Waals surface area contributed by atoms with Crippen LogP contribution in [0.2, 0.25) is 0 Å². The summed E-state index contributed by atoms with van der Waals surface area (Å²) in [5, 5.41) is 9.88. The summed E-state index contributed by atoms with van der Waals surface area (Å²) in [5.41, 5.74) is -0.187. The van der Waals surface area contributed by atoms with Gasteiger partial charge in [0, 0.05) is 5.25 Å². The first-order valence-electron chi connectivity index (χ1n) is 8.21. The van der Waals surface area contributed by atoms with Crippen molar-refractivity contribution in [3.63, 3.8) is 0 Å². The fourth-order valence-electron chi connectivity index (χ4n) is 3.26. The highest BCUT2D eigenvalue weighted by Gasteiger charge is 2.46. The monoisotopic (exact) mass is 372 g/mol. The molecule has 1 heterocycles. The number of hydrogen-bond acceptors (Lipinski definition) is 4. The Labute approximate surface area is 148 Å². The molecule has 0 aromatic carbocycles.